The van der Waals surface area contributed by atoms with Crippen molar-refractivity contribution in [3.63, 3.8) is 0 Å². The lowest BCUT2D eigenvalue weighted by molar-refractivity contribution is -0.149. The number of carboxylic acids is 1. The first-order valence-electron chi connectivity index (χ1n) is 10.2. The first-order chi connectivity index (χ1) is 14.9. The molecule has 8 heteroatoms. The number of carboxylic acid groups (broad SMARTS) is 1. The third-order valence-corrected chi connectivity index (χ3v) is 4.14. The quantitative estimate of drug-likeness (QED) is 0.294. The second-order valence-corrected chi connectivity index (χ2v) is 7.04. The highest BCUT2D eigenvalue weighted by Gasteiger charge is 2.17. The Bertz CT molecular complexity index is 834. The van der Waals surface area contributed by atoms with Crippen molar-refractivity contribution >= 4 is 11.7 Å². The summed E-state index contributed by atoms with van der Waals surface area (Å²) in [6.07, 6.45) is 1.23. The maximum absolute atomic E-state index is 11.2. The summed E-state index contributed by atoms with van der Waals surface area (Å²) in [5, 5.41) is 13.2. The summed E-state index contributed by atoms with van der Waals surface area (Å²) in [6, 6.07) is 10.9. The van der Waals surface area contributed by atoms with E-state index in [2.05, 4.69) is 10.1 Å². The van der Waals surface area contributed by atoms with Crippen LogP contribution in [0.5, 0.6) is 11.6 Å². The zero-order valence-electron chi connectivity index (χ0n) is 18.4. The van der Waals surface area contributed by atoms with E-state index in [1.807, 2.05) is 39.0 Å². The predicted molar refractivity (Wildman–Crippen MR) is 117 cm³/mol. The van der Waals surface area contributed by atoms with Crippen molar-refractivity contribution in [3.8, 4) is 11.6 Å². The van der Waals surface area contributed by atoms with Gasteiger partial charge in [0.15, 0.2) is 12.7 Å². The average molecular weight is 431 g/mol. The first kappa shape index (κ1) is 24.1. The summed E-state index contributed by atoms with van der Waals surface area (Å²) in [5.41, 5.74) is 2.41. The van der Waals surface area contributed by atoms with Crippen molar-refractivity contribution in [1.82, 2.24) is 4.98 Å². The Morgan fingerprint density at radius 3 is 2.45 bits per heavy atom. The maximum Gasteiger partial charge on any atom is 0.333 e. The van der Waals surface area contributed by atoms with Gasteiger partial charge in [-0.25, -0.2) is 9.78 Å². The smallest absolute Gasteiger partial charge is 0.333 e. The van der Waals surface area contributed by atoms with E-state index in [0.717, 1.165) is 11.1 Å². The number of rotatable bonds is 13. The summed E-state index contributed by atoms with van der Waals surface area (Å²) in [5.74, 6) is 0.273. The molecule has 1 atom stereocenters. The van der Waals surface area contributed by atoms with Gasteiger partial charge < -0.3 is 24.2 Å². The Morgan fingerprint density at radius 2 is 1.87 bits per heavy atom. The van der Waals surface area contributed by atoms with Crippen LogP contribution in [0.15, 0.2) is 47.8 Å². The van der Waals surface area contributed by atoms with Crippen LogP contribution in [0.2, 0.25) is 0 Å². The Kier molecular flexibility index (Phi) is 9.77. The fourth-order valence-corrected chi connectivity index (χ4v) is 2.65. The van der Waals surface area contributed by atoms with Crippen molar-refractivity contribution in [1.29, 1.82) is 0 Å². The molecule has 1 aromatic heterocycles. The molecule has 0 fully saturated rings. The Morgan fingerprint density at radius 1 is 1.13 bits per heavy atom. The zero-order valence-corrected chi connectivity index (χ0v) is 18.4. The highest BCUT2D eigenvalue weighted by Crippen LogP contribution is 2.15. The van der Waals surface area contributed by atoms with Gasteiger partial charge in [-0.05, 0) is 51.5 Å². The molecular weight excluding hydrogens is 400 g/mol. The topological polar surface area (TPSA) is 99.5 Å². The van der Waals surface area contributed by atoms with E-state index in [1.54, 1.807) is 31.3 Å². The number of hydrogen-bond acceptors (Lipinski definition) is 7. The predicted octanol–water partition coefficient (Wildman–Crippen LogP) is 3.72. The molecule has 0 saturated heterocycles. The minimum Gasteiger partial charge on any atom is -0.490 e. The average Bonchev–Trinajstić information content (AvgIpc) is 2.74. The van der Waals surface area contributed by atoms with E-state index < -0.39 is 12.1 Å². The molecule has 0 spiro atoms. The fourth-order valence-electron chi connectivity index (χ4n) is 2.65. The minimum absolute atomic E-state index is 0.0735. The van der Waals surface area contributed by atoms with Gasteiger partial charge in [0.25, 0.3) is 0 Å². The summed E-state index contributed by atoms with van der Waals surface area (Å²) >= 11 is 0. The Hall–Kier alpha value is -3.13. The van der Waals surface area contributed by atoms with Gasteiger partial charge in [0, 0.05) is 30.9 Å². The van der Waals surface area contributed by atoms with Gasteiger partial charge in [-0.15, -0.1) is 0 Å². The molecule has 2 aromatic rings. The van der Waals surface area contributed by atoms with Gasteiger partial charge in [-0.2, -0.15) is 0 Å². The Labute approximate surface area is 182 Å². The molecule has 8 nitrogen and oxygen atoms in total. The van der Waals surface area contributed by atoms with Crippen LogP contribution < -0.4 is 9.47 Å². The SMILES string of the molecule is CCOC(Cc1ccc(OCCO/N=C(/C)c2ccc(OC(C)C)nc2)cc1)C(=O)O. The fraction of sp³-hybridized carbons (Fsp3) is 0.435. The van der Waals surface area contributed by atoms with E-state index in [9.17, 15) is 4.79 Å². The molecule has 0 saturated carbocycles. The summed E-state index contributed by atoms with van der Waals surface area (Å²) < 4.78 is 16.4. The third kappa shape index (κ3) is 8.64. The number of nitrogens with zero attached hydrogens (tertiary/aromatic N) is 2. The number of benzene rings is 1. The van der Waals surface area contributed by atoms with E-state index in [1.165, 1.54) is 0 Å². The molecule has 1 N–H and O–H groups in total. The number of oxime groups is 1. The molecule has 0 radical (unpaired) electrons. The highest BCUT2D eigenvalue weighted by molar-refractivity contribution is 5.98. The normalized spacial score (nSPS) is 12.5. The van der Waals surface area contributed by atoms with Crippen LogP contribution in [0.1, 0.15) is 38.8 Å². The van der Waals surface area contributed by atoms with E-state index >= 15 is 0 Å². The Balaban J connectivity index is 1.75. The van der Waals surface area contributed by atoms with Crippen LogP contribution in [0, 0.1) is 0 Å². The summed E-state index contributed by atoms with van der Waals surface area (Å²) in [6.45, 7) is 8.48. The molecule has 0 aliphatic rings. The minimum atomic E-state index is -0.967. The lowest BCUT2D eigenvalue weighted by atomic mass is 10.1. The number of ether oxygens (including phenoxy) is 3. The van der Waals surface area contributed by atoms with Crippen LogP contribution >= 0.6 is 0 Å². The van der Waals surface area contributed by atoms with Crippen molar-refractivity contribution in [2.24, 2.45) is 5.16 Å². The third-order valence-electron chi connectivity index (χ3n) is 4.14. The lowest BCUT2D eigenvalue weighted by Crippen LogP contribution is -2.26. The molecule has 1 aromatic carbocycles. The number of carbonyl (C=O) groups is 1. The lowest BCUT2D eigenvalue weighted by Gasteiger charge is -2.12. The van der Waals surface area contributed by atoms with Crippen molar-refractivity contribution < 1.29 is 28.9 Å². The monoisotopic (exact) mass is 430 g/mol. The maximum atomic E-state index is 11.2. The second kappa shape index (κ2) is 12.5. The molecule has 1 heterocycles. The number of aliphatic carboxylic acids is 1. The summed E-state index contributed by atoms with van der Waals surface area (Å²) in [7, 11) is 0. The van der Waals surface area contributed by atoms with Gasteiger partial charge >= 0.3 is 5.97 Å². The van der Waals surface area contributed by atoms with Crippen LogP contribution in [-0.4, -0.2) is 53.8 Å². The molecule has 1 unspecified atom stereocenters. The standard InChI is InChI=1S/C23H30N2O6/c1-5-28-21(23(26)27)14-18-6-9-20(10-7-18)29-12-13-30-25-17(4)19-8-11-22(24-15-19)31-16(2)3/h6-11,15-16,21H,5,12-14H2,1-4H3,(H,26,27)/b25-17-. The van der Waals surface area contributed by atoms with Gasteiger partial charge in [-0.3, -0.25) is 0 Å². The number of pyridine rings is 1. The highest BCUT2D eigenvalue weighted by atomic mass is 16.6. The number of hydrogen-bond donors (Lipinski definition) is 1. The van der Waals surface area contributed by atoms with Gasteiger partial charge in [0.05, 0.1) is 11.8 Å². The molecule has 168 valence electrons. The molecule has 0 amide bonds. The van der Waals surface area contributed by atoms with Gasteiger partial charge in [-0.1, -0.05) is 17.3 Å². The molecule has 0 aliphatic heterocycles. The van der Waals surface area contributed by atoms with E-state index in [4.69, 9.17) is 24.2 Å². The van der Waals surface area contributed by atoms with Crippen molar-refractivity contribution in [3.05, 3.63) is 53.7 Å². The zero-order chi connectivity index (χ0) is 22.6. The van der Waals surface area contributed by atoms with Crippen LogP contribution in [0.25, 0.3) is 0 Å². The molecule has 2 rings (SSSR count). The van der Waals surface area contributed by atoms with E-state index in [0.29, 0.717) is 37.0 Å². The van der Waals surface area contributed by atoms with Crippen molar-refractivity contribution in [2.45, 2.75) is 46.3 Å². The van der Waals surface area contributed by atoms with Crippen LogP contribution in [0.4, 0.5) is 0 Å². The second-order valence-electron chi connectivity index (χ2n) is 7.04. The van der Waals surface area contributed by atoms with Crippen molar-refractivity contribution in [2.75, 3.05) is 19.8 Å². The first-order valence-corrected chi connectivity index (χ1v) is 10.2. The molecule has 0 bridgehead atoms. The molecule has 31 heavy (non-hydrogen) atoms. The van der Waals surface area contributed by atoms with Gasteiger partial charge in [0.1, 0.15) is 12.4 Å². The van der Waals surface area contributed by atoms with E-state index in [-0.39, 0.29) is 12.7 Å². The van der Waals surface area contributed by atoms with Gasteiger partial charge in [0.2, 0.25) is 5.88 Å². The molecular formula is C23H30N2O6. The largest absolute Gasteiger partial charge is 0.490 e. The van der Waals surface area contributed by atoms with Crippen LogP contribution in [0.3, 0.4) is 0 Å². The number of aromatic nitrogens is 1. The summed E-state index contributed by atoms with van der Waals surface area (Å²) in [4.78, 5) is 20.7. The molecule has 0 aliphatic carbocycles. The van der Waals surface area contributed by atoms with Crippen LogP contribution in [-0.2, 0) is 20.8 Å².